The lowest BCUT2D eigenvalue weighted by Gasteiger charge is -2.33. The highest BCUT2D eigenvalue weighted by Crippen LogP contribution is 2.32. The number of nitro groups is 1. The van der Waals surface area contributed by atoms with E-state index in [1.165, 1.54) is 6.07 Å². The molecular weight excluding hydrogens is 248 g/mol. The first-order valence-electron chi connectivity index (χ1n) is 5.91. The molecule has 7 nitrogen and oxygen atoms in total. The largest absolute Gasteiger partial charge is 0.373 e. The molecule has 0 amide bonds. The summed E-state index contributed by atoms with van der Waals surface area (Å²) < 4.78 is 5.43. The minimum Gasteiger partial charge on any atom is -0.373 e. The Morgan fingerprint density at radius 3 is 3.05 bits per heavy atom. The third kappa shape index (κ3) is 2.65. The van der Waals surface area contributed by atoms with E-state index in [-0.39, 0.29) is 17.4 Å². The van der Waals surface area contributed by atoms with Crippen molar-refractivity contribution in [3.8, 4) is 6.07 Å². The maximum Gasteiger partial charge on any atom is 0.310 e. The van der Waals surface area contributed by atoms with E-state index in [0.717, 1.165) is 0 Å². The molecule has 1 saturated heterocycles. The standard InChI is InChI=1S/C12H14N4O3/c13-6-9-2-1-3-11(12(9)16(17)18)15-4-5-19-10(7-14)8-15/h1-3,10H,4-5,7-8,14H2. The van der Waals surface area contributed by atoms with Gasteiger partial charge in [-0.15, -0.1) is 0 Å². The van der Waals surface area contributed by atoms with E-state index >= 15 is 0 Å². The van der Waals surface area contributed by atoms with Gasteiger partial charge in [0.25, 0.3) is 0 Å². The first-order chi connectivity index (χ1) is 9.17. The van der Waals surface area contributed by atoms with Crippen molar-refractivity contribution in [2.45, 2.75) is 6.10 Å². The van der Waals surface area contributed by atoms with Crippen LogP contribution in [-0.2, 0) is 4.74 Å². The normalized spacial score (nSPS) is 18.9. The topological polar surface area (TPSA) is 105 Å². The number of benzene rings is 1. The Kier molecular flexibility index (Phi) is 3.94. The molecular formula is C12H14N4O3. The zero-order valence-electron chi connectivity index (χ0n) is 10.3. The second-order valence-electron chi connectivity index (χ2n) is 4.22. The van der Waals surface area contributed by atoms with E-state index < -0.39 is 4.92 Å². The van der Waals surface area contributed by atoms with E-state index in [2.05, 4.69) is 0 Å². The fourth-order valence-corrected chi connectivity index (χ4v) is 2.15. The van der Waals surface area contributed by atoms with Crippen molar-refractivity contribution in [3.63, 3.8) is 0 Å². The summed E-state index contributed by atoms with van der Waals surface area (Å²) in [4.78, 5) is 12.5. The van der Waals surface area contributed by atoms with E-state index in [1.54, 1.807) is 12.1 Å². The zero-order valence-corrected chi connectivity index (χ0v) is 10.3. The van der Waals surface area contributed by atoms with Crippen molar-refractivity contribution < 1.29 is 9.66 Å². The minimum atomic E-state index is -0.513. The summed E-state index contributed by atoms with van der Waals surface area (Å²) >= 11 is 0. The molecule has 0 bridgehead atoms. The van der Waals surface area contributed by atoms with Crippen LogP contribution in [0.5, 0.6) is 0 Å². The second kappa shape index (κ2) is 5.65. The summed E-state index contributed by atoms with van der Waals surface area (Å²) in [5.74, 6) is 0. The molecule has 0 radical (unpaired) electrons. The number of nitro benzene ring substituents is 1. The Labute approximate surface area is 110 Å². The number of nitrogens with two attached hydrogens (primary N) is 1. The molecule has 1 heterocycles. The number of rotatable bonds is 3. The van der Waals surface area contributed by atoms with Crippen LogP contribution in [0.2, 0.25) is 0 Å². The van der Waals surface area contributed by atoms with Gasteiger partial charge in [0.05, 0.1) is 17.6 Å². The summed E-state index contributed by atoms with van der Waals surface area (Å²) in [6.45, 7) is 1.87. The van der Waals surface area contributed by atoms with Crippen molar-refractivity contribution in [2.24, 2.45) is 5.73 Å². The fourth-order valence-electron chi connectivity index (χ4n) is 2.15. The molecule has 1 aromatic carbocycles. The van der Waals surface area contributed by atoms with Crippen LogP contribution in [0.25, 0.3) is 0 Å². The minimum absolute atomic E-state index is 0.0679. The molecule has 0 saturated carbocycles. The monoisotopic (exact) mass is 262 g/mol. The van der Waals surface area contributed by atoms with Crippen molar-refractivity contribution >= 4 is 11.4 Å². The Morgan fingerprint density at radius 2 is 2.42 bits per heavy atom. The van der Waals surface area contributed by atoms with Crippen molar-refractivity contribution in [2.75, 3.05) is 31.1 Å². The van der Waals surface area contributed by atoms with Crippen LogP contribution >= 0.6 is 0 Å². The SMILES string of the molecule is N#Cc1cccc(N2CCOC(CN)C2)c1[N+](=O)[O-]. The Bertz CT molecular complexity index is 526. The van der Waals surface area contributed by atoms with Gasteiger partial charge in [-0.2, -0.15) is 5.26 Å². The number of nitriles is 1. The molecule has 2 N–H and O–H groups in total. The van der Waals surface area contributed by atoms with Crippen LogP contribution in [-0.4, -0.2) is 37.3 Å². The zero-order chi connectivity index (χ0) is 13.8. The molecule has 2 rings (SSSR count). The third-order valence-corrected chi connectivity index (χ3v) is 3.06. The quantitative estimate of drug-likeness (QED) is 0.632. The van der Waals surface area contributed by atoms with E-state index in [0.29, 0.717) is 31.9 Å². The van der Waals surface area contributed by atoms with Gasteiger partial charge in [0.2, 0.25) is 0 Å². The fraction of sp³-hybridized carbons (Fsp3) is 0.417. The molecule has 1 aliphatic rings. The van der Waals surface area contributed by atoms with Crippen LogP contribution < -0.4 is 10.6 Å². The average Bonchev–Trinajstić information content (AvgIpc) is 2.46. The van der Waals surface area contributed by atoms with Gasteiger partial charge < -0.3 is 15.4 Å². The Hall–Kier alpha value is -2.17. The molecule has 1 atom stereocenters. The molecule has 1 unspecified atom stereocenters. The molecule has 19 heavy (non-hydrogen) atoms. The number of para-hydroxylation sites is 1. The van der Waals surface area contributed by atoms with Crippen LogP contribution in [0, 0.1) is 21.4 Å². The number of hydrogen-bond donors (Lipinski definition) is 1. The molecule has 7 heteroatoms. The van der Waals surface area contributed by atoms with Crippen LogP contribution in [0.3, 0.4) is 0 Å². The number of anilines is 1. The van der Waals surface area contributed by atoms with Gasteiger partial charge in [0.15, 0.2) is 0 Å². The van der Waals surface area contributed by atoms with Crippen LogP contribution in [0.1, 0.15) is 5.56 Å². The predicted octanol–water partition coefficient (Wildman–Crippen LogP) is 0.630. The number of ether oxygens (including phenoxy) is 1. The smallest absolute Gasteiger partial charge is 0.310 e. The summed E-state index contributed by atoms with van der Waals surface area (Å²) in [6.07, 6.45) is -0.140. The highest BCUT2D eigenvalue weighted by atomic mass is 16.6. The van der Waals surface area contributed by atoms with Crippen LogP contribution in [0.15, 0.2) is 18.2 Å². The average molecular weight is 262 g/mol. The molecule has 0 aliphatic carbocycles. The second-order valence-corrected chi connectivity index (χ2v) is 4.22. The summed E-state index contributed by atoms with van der Waals surface area (Å²) in [5, 5.41) is 20.1. The molecule has 100 valence electrons. The molecule has 1 aliphatic heterocycles. The van der Waals surface area contributed by atoms with Crippen molar-refractivity contribution in [1.29, 1.82) is 5.26 Å². The van der Waals surface area contributed by atoms with Gasteiger partial charge in [-0.25, -0.2) is 0 Å². The van der Waals surface area contributed by atoms with Crippen LogP contribution in [0.4, 0.5) is 11.4 Å². The van der Waals surface area contributed by atoms with Gasteiger partial charge in [-0.1, -0.05) is 6.07 Å². The van der Waals surface area contributed by atoms with Gasteiger partial charge in [-0.05, 0) is 12.1 Å². The van der Waals surface area contributed by atoms with E-state index in [4.69, 9.17) is 15.7 Å². The maximum atomic E-state index is 11.2. The number of morpholine rings is 1. The molecule has 0 aromatic heterocycles. The Balaban J connectivity index is 2.39. The molecule has 1 aromatic rings. The van der Waals surface area contributed by atoms with Gasteiger partial charge >= 0.3 is 5.69 Å². The molecule has 1 fully saturated rings. The van der Waals surface area contributed by atoms with Gasteiger partial charge in [-0.3, -0.25) is 10.1 Å². The predicted molar refractivity (Wildman–Crippen MR) is 68.8 cm³/mol. The lowest BCUT2D eigenvalue weighted by atomic mass is 10.1. The van der Waals surface area contributed by atoms with E-state index in [9.17, 15) is 10.1 Å². The number of hydrogen-bond acceptors (Lipinski definition) is 6. The summed E-state index contributed by atoms with van der Waals surface area (Å²) in [6, 6.07) is 6.60. The van der Waals surface area contributed by atoms with Gasteiger partial charge in [0, 0.05) is 19.6 Å². The molecule has 0 spiro atoms. The highest BCUT2D eigenvalue weighted by molar-refractivity contribution is 5.70. The summed E-state index contributed by atoms with van der Waals surface area (Å²) in [7, 11) is 0. The summed E-state index contributed by atoms with van der Waals surface area (Å²) in [5.41, 5.74) is 5.93. The number of nitrogens with zero attached hydrogens (tertiary/aromatic N) is 3. The third-order valence-electron chi connectivity index (χ3n) is 3.06. The Morgan fingerprint density at radius 1 is 1.63 bits per heavy atom. The lowest BCUT2D eigenvalue weighted by molar-refractivity contribution is -0.384. The first-order valence-corrected chi connectivity index (χ1v) is 5.91. The van der Waals surface area contributed by atoms with Crippen molar-refractivity contribution in [3.05, 3.63) is 33.9 Å². The van der Waals surface area contributed by atoms with Gasteiger partial charge in [0.1, 0.15) is 17.3 Å². The van der Waals surface area contributed by atoms with E-state index in [1.807, 2.05) is 11.0 Å². The van der Waals surface area contributed by atoms with Crippen molar-refractivity contribution in [1.82, 2.24) is 0 Å². The maximum absolute atomic E-state index is 11.2. The first kappa shape index (κ1) is 13.3. The lowest BCUT2D eigenvalue weighted by Crippen LogP contribution is -2.45. The highest BCUT2D eigenvalue weighted by Gasteiger charge is 2.27.